The maximum atomic E-state index is 8.85. The average Bonchev–Trinajstić information content (AvgIpc) is 2.92. The van der Waals surface area contributed by atoms with Crippen LogP contribution in [0.5, 0.6) is 0 Å². The van der Waals surface area contributed by atoms with E-state index in [-0.39, 0.29) is 5.54 Å². The summed E-state index contributed by atoms with van der Waals surface area (Å²) in [7, 11) is 0. The predicted molar refractivity (Wildman–Crippen MR) is 85.8 cm³/mol. The van der Waals surface area contributed by atoms with Crippen LogP contribution < -0.4 is 5.73 Å². The molecular formula is C17H19N3S. The number of rotatable bonds is 2. The lowest BCUT2D eigenvalue weighted by Crippen LogP contribution is -2.35. The first-order chi connectivity index (χ1) is 10.2. The summed E-state index contributed by atoms with van der Waals surface area (Å²) in [5.74, 6) is 0. The quantitative estimate of drug-likeness (QED) is 0.845. The molecule has 4 heteroatoms. The van der Waals surface area contributed by atoms with E-state index in [2.05, 4.69) is 11.4 Å². The van der Waals surface area contributed by atoms with E-state index in [1.807, 2.05) is 24.3 Å². The van der Waals surface area contributed by atoms with Crippen LogP contribution in [0.1, 0.15) is 49.1 Å². The van der Waals surface area contributed by atoms with Gasteiger partial charge in [0.15, 0.2) is 0 Å². The van der Waals surface area contributed by atoms with Gasteiger partial charge in [0.1, 0.15) is 5.01 Å². The van der Waals surface area contributed by atoms with Crippen molar-refractivity contribution in [1.82, 2.24) is 4.98 Å². The standard InChI is InChI=1S/C17H19N3S/c18-11-13-5-7-14(8-6-13)15-12-21-16(20-15)17(19)9-3-1-2-4-10-17/h5-8,12H,1-4,9-10,19H2. The lowest BCUT2D eigenvalue weighted by atomic mass is 9.92. The van der Waals surface area contributed by atoms with Crippen LogP contribution in [0.2, 0.25) is 0 Å². The fourth-order valence-corrected chi connectivity index (χ4v) is 3.93. The Bertz CT molecular complexity index is 643. The van der Waals surface area contributed by atoms with Gasteiger partial charge < -0.3 is 5.73 Å². The van der Waals surface area contributed by atoms with E-state index in [1.165, 1.54) is 25.7 Å². The van der Waals surface area contributed by atoms with Crippen LogP contribution >= 0.6 is 11.3 Å². The van der Waals surface area contributed by atoms with Gasteiger partial charge in [-0.3, -0.25) is 0 Å². The highest BCUT2D eigenvalue weighted by atomic mass is 32.1. The van der Waals surface area contributed by atoms with E-state index < -0.39 is 0 Å². The molecule has 0 bridgehead atoms. The Kier molecular flexibility index (Phi) is 4.05. The van der Waals surface area contributed by atoms with Crippen LogP contribution in [-0.2, 0) is 5.54 Å². The lowest BCUT2D eigenvalue weighted by Gasteiger charge is -2.25. The van der Waals surface area contributed by atoms with Gasteiger partial charge in [-0.25, -0.2) is 4.98 Å². The minimum atomic E-state index is -0.244. The Balaban J connectivity index is 1.86. The van der Waals surface area contributed by atoms with Gasteiger partial charge in [-0.2, -0.15) is 5.26 Å². The molecule has 2 N–H and O–H groups in total. The van der Waals surface area contributed by atoms with E-state index >= 15 is 0 Å². The van der Waals surface area contributed by atoms with Crippen molar-refractivity contribution in [3.8, 4) is 17.3 Å². The van der Waals surface area contributed by atoms with Gasteiger partial charge in [-0.1, -0.05) is 37.8 Å². The molecule has 1 aromatic heterocycles. The summed E-state index contributed by atoms with van der Waals surface area (Å²) in [5, 5.41) is 12.0. The summed E-state index contributed by atoms with van der Waals surface area (Å²) in [5.41, 5.74) is 9.07. The second-order valence-electron chi connectivity index (χ2n) is 5.80. The van der Waals surface area contributed by atoms with Crippen molar-refractivity contribution in [3.63, 3.8) is 0 Å². The summed E-state index contributed by atoms with van der Waals surface area (Å²) in [4.78, 5) is 4.78. The van der Waals surface area contributed by atoms with Gasteiger partial charge in [0.2, 0.25) is 0 Å². The molecule has 0 spiro atoms. The van der Waals surface area contributed by atoms with Crippen LogP contribution in [-0.4, -0.2) is 4.98 Å². The highest BCUT2D eigenvalue weighted by molar-refractivity contribution is 7.10. The first-order valence-electron chi connectivity index (χ1n) is 7.47. The number of nitrogens with zero attached hydrogens (tertiary/aromatic N) is 2. The van der Waals surface area contributed by atoms with Crippen molar-refractivity contribution in [2.24, 2.45) is 5.73 Å². The molecule has 3 rings (SSSR count). The minimum Gasteiger partial charge on any atom is -0.319 e. The average molecular weight is 297 g/mol. The van der Waals surface area contributed by atoms with Crippen molar-refractivity contribution in [2.45, 2.75) is 44.1 Å². The largest absolute Gasteiger partial charge is 0.319 e. The van der Waals surface area contributed by atoms with Crippen LogP contribution in [0.3, 0.4) is 0 Å². The van der Waals surface area contributed by atoms with Crippen LogP contribution in [0.25, 0.3) is 11.3 Å². The second kappa shape index (κ2) is 5.97. The Hall–Kier alpha value is -1.70. The van der Waals surface area contributed by atoms with E-state index in [0.717, 1.165) is 29.1 Å². The van der Waals surface area contributed by atoms with Gasteiger partial charge in [0.05, 0.1) is 22.9 Å². The molecule has 1 aliphatic carbocycles. The third kappa shape index (κ3) is 2.99. The lowest BCUT2D eigenvalue weighted by molar-refractivity contribution is 0.384. The number of nitriles is 1. The summed E-state index contributed by atoms with van der Waals surface area (Å²) < 4.78 is 0. The molecule has 1 aliphatic rings. The van der Waals surface area contributed by atoms with Gasteiger partial charge in [0.25, 0.3) is 0 Å². The minimum absolute atomic E-state index is 0.244. The number of hydrogen-bond donors (Lipinski definition) is 1. The van der Waals surface area contributed by atoms with E-state index in [4.69, 9.17) is 16.0 Å². The molecule has 2 aromatic rings. The fourth-order valence-electron chi connectivity index (χ4n) is 2.92. The van der Waals surface area contributed by atoms with E-state index in [9.17, 15) is 0 Å². The number of thiazole rings is 1. The Morgan fingerprint density at radius 1 is 1.10 bits per heavy atom. The Labute approximate surface area is 129 Å². The number of nitrogens with two attached hydrogens (primary N) is 1. The zero-order chi connectivity index (χ0) is 14.7. The maximum absolute atomic E-state index is 8.85. The summed E-state index contributed by atoms with van der Waals surface area (Å²) >= 11 is 1.67. The monoisotopic (exact) mass is 297 g/mol. The zero-order valence-corrected chi connectivity index (χ0v) is 12.8. The number of hydrogen-bond acceptors (Lipinski definition) is 4. The number of benzene rings is 1. The molecular weight excluding hydrogens is 278 g/mol. The Morgan fingerprint density at radius 3 is 2.38 bits per heavy atom. The maximum Gasteiger partial charge on any atom is 0.113 e. The highest BCUT2D eigenvalue weighted by Gasteiger charge is 2.31. The van der Waals surface area contributed by atoms with Gasteiger partial charge in [-0.15, -0.1) is 11.3 Å². The normalized spacial score (nSPS) is 17.9. The molecule has 1 heterocycles. The molecule has 0 atom stereocenters. The topological polar surface area (TPSA) is 62.7 Å². The molecule has 0 aliphatic heterocycles. The Morgan fingerprint density at radius 2 is 1.76 bits per heavy atom. The SMILES string of the molecule is N#Cc1ccc(-c2csc(C3(N)CCCCCC3)n2)cc1. The molecule has 108 valence electrons. The van der Waals surface area contributed by atoms with Crippen LogP contribution in [0.4, 0.5) is 0 Å². The first kappa shape index (κ1) is 14.2. The molecule has 0 amide bonds. The van der Waals surface area contributed by atoms with Crippen LogP contribution in [0.15, 0.2) is 29.6 Å². The summed E-state index contributed by atoms with van der Waals surface area (Å²) in [6.45, 7) is 0. The van der Waals surface area contributed by atoms with Gasteiger partial charge >= 0.3 is 0 Å². The van der Waals surface area contributed by atoms with E-state index in [0.29, 0.717) is 5.56 Å². The van der Waals surface area contributed by atoms with E-state index in [1.54, 1.807) is 11.3 Å². The summed E-state index contributed by atoms with van der Waals surface area (Å²) in [6, 6.07) is 9.70. The van der Waals surface area contributed by atoms with Crippen LogP contribution in [0, 0.1) is 11.3 Å². The molecule has 1 aromatic carbocycles. The third-order valence-corrected chi connectivity index (χ3v) is 5.30. The molecule has 0 saturated heterocycles. The van der Waals surface area contributed by atoms with Crippen molar-refractivity contribution in [3.05, 3.63) is 40.2 Å². The van der Waals surface area contributed by atoms with Gasteiger partial charge in [-0.05, 0) is 25.0 Å². The molecule has 0 unspecified atom stereocenters. The van der Waals surface area contributed by atoms with Crippen molar-refractivity contribution < 1.29 is 0 Å². The molecule has 21 heavy (non-hydrogen) atoms. The highest BCUT2D eigenvalue weighted by Crippen LogP contribution is 2.36. The van der Waals surface area contributed by atoms with Crippen molar-refractivity contribution in [1.29, 1.82) is 5.26 Å². The first-order valence-corrected chi connectivity index (χ1v) is 8.35. The smallest absolute Gasteiger partial charge is 0.113 e. The second-order valence-corrected chi connectivity index (χ2v) is 6.66. The molecule has 1 fully saturated rings. The molecule has 1 saturated carbocycles. The van der Waals surface area contributed by atoms with Gasteiger partial charge in [0, 0.05) is 10.9 Å². The third-order valence-electron chi connectivity index (χ3n) is 4.24. The van der Waals surface area contributed by atoms with Crippen molar-refractivity contribution >= 4 is 11.3 Å². The number of aromatic nitrogens is 1. The predicted octanol–water partition coefficient (Wildman–Crippen LogP) is 4.19. The molecule has 3 nitrogen and oxygen atoms in total. The zero-order valence-electron chi connectivity index (χ0n) is 12.0. The van der Waals surface area contributed by atoms with Crippen molar-refractivity contribution in [2.75, 3.05) is 0 Å². The fraction of sp³-hybridized carbons (Fsp3) is 0.412. The molecule has 0 radical (unpaired) electrons. The summed E-state index contributed by atoms with van der Waals surface area (Å²) in [6.07, 6.45) is 7.03.